The SMILES string of the molecule is O=NC(=O)C1=CC=C2NNN=C2C1. The Morgan fingerprint density at radius 1 is 1.54 bits per heavy atom. The molecule has 66 valence electrons. The van der Waals surface area contributed by atoms with Crippen molar-refractivity contribution in [3.8, 4) is 0 Å². The Bertz CT molecular complexity index is 367. The van der Waals surface area contributed by atoms with Gasteiger partial charge < -0.3 is 0 Å². The van der Waals surface area contributed by atoms with Gasteiger partial charge in [-0.1, -0.05) is 6.08 Å². The molecule has 0 unspecified atom stereocenters. The third kappa shape index (κ3) is 1.22. The first-order chi connectivity index (χ1) is 6.31. The van der Waals surface area contributed by atoms with Gasteiger partial charge in [0.2, 0.25) is 0 Å². The highest BCUT2D eigenvalue weighted by Gasteiger charge is 2.21. The minimum Gasteiger partial charge on any atom is -0.283 e. The van der Waals surface area contributed by atoms with Gasteiger partial charge in [0.25, 0.3) is 0 Å². The number of nitroso groups, excluding NO2 is 1. The topological polar surface area (TPSA) is 82.9 Å². The molecule has 0 aromatic heterocycles. The second-order valence-corrected chi connectivity index (χ2v) is 2.64. The number of nitrogens with zero attached hydrogens (tertiary/aromatic N) is 2. The Morgan fingerprint density at radius 2 is 2.38 bits per heavy atom. The Hall–Kier alpha value is -1.98. The fourth-order valence-electron chi connectivity index (χ4n) is 1.19. The maximum atomic E-state index is 10.9. The van der Waals surface area contributed by atoms with Gasteiger partial charge in [-0.15, -0.1) is 4.91 Å². The largest absolute Gasteiger partial charge is 0.313 e. The fourth-order valence-corrected chi connectivity index (χ4v) is 1.19. The van der Waals surface area contributed by atoms with Crippen molar-refractivity contribution in [2.75, 3.05) is 0 Å². The van der Waals surface area contributed by atoms with Crippen molar-refractivity contribution >= 4 is 11.6 Å². The van der Waals surface area contributed by atoms with Crippen LogP contribution in [0.1, 0.15) is 6.42 Å². The Labute approximate surface area is 73.3 Å². The van der Waals surface area contributed by atoms with Gasteiger partial charge in [0.15, 0.2) is 0 Å². The molecule has 1 aliphatic heterocycles. The standard InChI is InChI=1S/C7H6N4O2/c12-7(10-13)4-1-2-5-6(3-4)9-11-8-5/h1-2,8,11H,3H2. The average Bonchev–Trinajstić information content (AvgIpc) is 2.63. The number of hydrogen-bond donors (Lipinski definition) is 2. The molecule has 0 atom stereocenters. The molecule has 1 aliphatic carbocycles. The lowest BCUT2D eigenvalue weighted by atomic mass is 10.0. The van der Waals surface area contributed by atoms with Crippen LogP contribution in [0.15, 0.2) is 33.7 Å². The average molecular weight is 178 g/mol. The van der Waals surface area contributed by atoms with Gasteiger partial charge in [0.1, 0.15) is 0 Å². The quantitative estimate of drug-likeness (QED) is 0.552. The third-order valence-electron chi connectivity index (χ3n) is 1.86. The van der Waals surface area contributed by atoms with Crippen molar-refractivity contribution < 1.29 is 4.79 Å². The molecule has 1 amide bonds. The summed E-state index contributed by atoms with van der Waals surface area (Å²) in [7, 11) is 0. The molecule has 2 aliphatic rings. The lowest BCUT2D eigenvalue weighted by Gasteiger charge is -2.07. The zero-order valence-electron chi connectivity index (χ0n) is 6.57. The van der Waals surface area contributed by atoms with E-state index in [2.05, 4.69) is 21.2 Å². The van der Waals surface area contributed by atoms with Crippen LogP contribution in [0.4, 0.5) is 0 Å². The van der Waals surface area contributed by atoms with Gasteiger partial charge in [0.05, 0.1) is 11.4 Å². The van der Waals surface area contributed by atoms with E-state index in [0.717, 1.165) is 11.4 Å². The normalized spacial score (nSPS) is 18.6. The number of carbonyl (C=O) groups is 1. The van der Waals surface area contributed by atoms with Crippen molar-refractivity contribution in [1.82, 2.24) is 11.0 Å². The van der Waals surface area contributed by atoms with E-state index < -0.39 is 5.91 Å². The molecule has 2 rings (SSSR count). The monoisotopic (exact) mass is 178 g/mol. The number of hydrogen-bond acceptors (Lipinski definition) is 5. The fraction of sp³-hybridized carbons (Fsp3) is 0.143. The molecular weight excluding hydrogens is 172 g/mol. The van der Waals surface area contributed by atoms with Gasteiger partial charge in [0, 0.05) is 17.2 Å². The highest BCUT2D eigenvalue weighted by molar-refractivity contribution is 6.09. The summed E-state index contributed by atoms with van der Waals surface area (Å²) in [4.78, 5) is 20.8. The summed E-state index contributed by atoms with van der Waals surface area (Å²) in [5.74, 6) is -0.732. The molecule has 2 N–H and O–H groups in total. The number of hydrazine groups is 1. The summed E-state index contributed by atoms with van der Waals surface area (Å²) in [5.41, 5.74) is 7.24. The number of nitrogens with one attached hydrogen (secondary N) is 2. The summed E-state index contributed by atoms with van der Waals surface area (Å²) in [6, 6.07) is 0. The highest BCUT2D eigenvalue weighted by Crippen LogP contribution is 2.17. The van der Waals surface area contributed by atoms with Gasteiger partial charge in [-0.25, -0.2) is 5.53 Å². The van der Waals surface area contributed by atoms with E-state index in [1.54, 1.807) is 12.2 Å². The van der Waals surface area contributed by atoms with Gasteiger partial charge in [-0.3, -0.25) is 10.2 Å². The first-order valence-electron chi connectivity index (χ1n) is 3.68. The number of fused-ring (bicyclic) bond motifs is 1. The van der Waals surface area contributed by atoms with E-state index in [-0.39, 0.29) is 0 Å². The van der Waals surface area contributed by atoms with Crippen LogP contribution in [-0.4, -0.2) is 11.6 Å². The van der Waals surface area contributed by atoms with Crippen LogP contribution in [0, 0.1) is 4.91 Å². The van der Waals surface area contributed by atoms with Gasteiger partial charge >= 0.3 is 5.91 Å². The lowest BCUT2D eigenvalue weighted by Crippen LogP contribution is -2.21. The first kappa shape index (κ1) is 7.66. The molecule has 0 saturated heterocycles. The minimum atomic E-state index is -0.732. The van der Waals surface area contributed by atoms with Crippen molar-refractivity contribution in [1.29, 1.82) is 0 Å². The number of allylic oxidation sites excluding steroid dienone is 3. The number of rotatable bonds is 1. The molecule has 13 heavy (non-hydrogen) atoms. The summed E-state index contributed by atoms with van der Waals surface area (Å²) < 4.78 is 0. The van der Waals surface area contributed by atoms with Crippen LogP contribution >= 0.6 is 0 Å². The van der Waals surface area contributed by atoms with E-state index in [0.29, 0.717) is 12.0 Å². The van der Waals surface area contributed by atoms with E-state index in [9.17, 15) is 9.70 Å². The number of carbonyl (C=O) groups excluding carboxylic acids is 1. The zero-order chi connectivity index (χ0) is 9.26. The van der Waals surface area contributed by atoms with Crippen LogP contribution in [-0.2, 0) is 4.79 Å². The Kier molecular flexibility index (Phi) is 1.66. The number of amides is 1. The van der Waals surface area contributed by atoms with E-state index in [1.165, 1.54) is 0 Å². The molecule has 0 radical (unpaired) electrons. The molecule has 0 aromatic rings. The third-order valence-corrected chi connectivity index (χ3v) is 1.86. The second kappa shape index (κ2) is 2.81. The van der Waals surface area contributed by atoms with E-state index in [1.807, 2.05) is 0 Å². The van der Waals surface area contributed by atoms with Crippen LogP contribution < -0.4 is 11.0 Å². The molecule has 1 heterocycles. The van der Waals surface area contributed by atoms with Crippen molar-refractivity contribution in [2.45, 2.75) is 6.42 Å². The highest BCUT2D eigenvalue weighted by atomic mass is 16.3. The predicted molar refractivity (Wildman–Crippen MR) is 45.3 cm³/mol. The summed E-state index contributed by atoms with van der Waals surface area (Å²) in [5, 5.41) is 6.22. The lowest BCUT2D eigenvalue weighted by molar-refractivity contribution is -0.114. The maximum Gasteiger partial charge on any atom is 0.313 e. The van der Waals surface area contributed by atoms with Crippen LogP contribution in [0.3, 0.4) is 0 Å². The minimum absolute atomic E-state index is 0.344. The van der Waals surface area contributed by atoms with Gasteiger partial charge in [-0.05, 0) is 6.08 Å². The van der Waals surface area contributed by atoms with Crippen molar-refractivity contribution in [3.05, 3.63) is 28.3 Å². The summed E-state index contributed by atoms with van der Waals surface area (Å²) in [6.07, 6.45) is 3.59. The molecule has 6 heteroatoms. The maximum absolute atomic E-state index is 10.9. The number of hydrazone groups is 1. The van der Waals surface area contributed by atoms with E-state index >= 15 is 0 Å². The van der Waals surface area contributed by atoms with Crippen LogP contribution in [0.25, 0.3) is 0 Å². The first-order valence-corrected chi connectivity index (χ1v) is 3.68. The van der Waals surface area contributed by atoms with Crippen molar-refractivity contribution in [2.24, 2.45) is 10.3 Å². The molecule has 0 aromatic carbocycles. The molecule has 0 fully saturated rings. The molecule has 0 saturated carbocycles. The smallest absolute Gasteiger partial charge is 0.283 e. The van der Waals surface area contributed by atoms with Crippen LogP contribution in [0.5, 0.6) is 0 Å². The van der Waals surface area contributed by atoms with Gasteiger partial charge in [-0.2, -0.15) is 5.10 Å². The summed E-state index contributed by atoms with van der Waals surface area (Å²) >= 11 is 0. The Morgan fingerprint density at radius 3 is 3.15 bits per heavy atom. The second-order valence-electron chi connectivity index (χ2n) is 2.64. The predicted octanol–water partition coefficient (Wildman–Crippen LogP) is -0.0428. The molecule has 6 nitrogen and oxygen atoms in total. The summed E-state index contributed by atoms with van der Waals surface area (Å²) in [6.45, 7) is 0. The van der Waals surface area contributed by atoms with Crippen LogP contribution in [0.2, 0.25) is 0 Å². The van der Waals surface area contributed by atoms with Crippen molar-refractivity contribution in [3.63, 3.8) is 0 Å². The van der Waals surface area contributed by atoms with E-state index in [4.69, 9.17) is 0 Å². The zero-order valence-corrected chi connectivity index (χ0v) is 6.57. The molecule has 0 bridgehead atoms. The molecular formula is C7H6N4O2. The molecule has 0 spiro atoms. The Balaban J connectivity index is 2.27.